The largest absolute Gasteiger partial charge is 0.359 e. The summed E-state index contributed by atoms with van der Waals surface area (Å²) in [5, 5.41) is 3.49. The molecule has 1 fully saturated rings. The summed E-state index contributed by atoms with van der Waals surface area (Å²) < 4.78 is 15.1. The Labute approximate surface area is 133 Å². The van der Waals surface area contributed by atoms with Crippen molar-refractivity contribution in [3.63, 3.8) is 0 Å². The first-order chi connectivity index (χ1) is 10.1. The second kappa shape index (κ2) is 6.16. The Kier molecular flexibility index (Phi) is 4.27. The lowest BCUT2D eigenvalue weighted by atomic mass is 10.0. The fraction of sp³-hybridized carbons (Fsp3) is 0.294. The first-order valence-corrected chi connectivity index (χ1v) is 7.94. The fourth-order valence-electron chi connectivity index (χ4n) is 2.86. The van der Waals surface area contributed by atoms with E-state index >= 15 is 0 Å². The summed E-state index contributed by atoms with van der Waals surface area (Å²) in [5.41, 5.74) is 1.87. The van der Waals surface area contributed by atoms with E-state index in [-0.39, 0.29) is 11.9 Å². The Morgan fingerprint density at radius 3 is 2.67 bits per heavy atom. The Morgan fingerprint density at radius 1 is 1.19 bits per heavy atom. The van der Waals surface area contributed by atoms with Crippen molar-refractivity contribution in [1.82, 2.24) is 5.32 Å². The number of anilines is 1. The van der Waals surface area contributed by atoms with Gasteiger partial charge in [0, 0.05) is 23.6 Å². The zero-order chi connectivity index (χ0) is 14.8. The van der Waals surface area contributed by atoms with Crippen molar-refractivity contribution in [2.75, 3.05) is 18.0 Å². The molecule has 0 aromatic heterocycles. The van der Waals surface area contributed by atoms with E-state index in [2.05, 4.69) is 45.2 Å². The molecule has 1 aliphatic heterocycles. The van der Waals surface area contributed by atoms with Crippen LogP contribution in [0, 0.1) is 5.82 Å². The number of halogens is 2. The molecule has 2 atom stereocenters. The van der Waals surface area contributed by atoms with Crippen LogP contribution in [-0.2, 0) is 0 Å². The molecule has 3 rings (SSSR count). The van der Waals surface area contributed by atoms with Crippen LogP contribution in [0.5, 0.6) is 0 Å². The predicted molar refractivity (Wildman–Crippen MR) is 88.1 cm³/mol. The van der Waals surface area contributed by atoms with Crippen LogP contribution in [0.25, 0.3) is 0 Å². The van der Waals surface area contributed by atoms with Gasteiger partial charge in [0.25, 0.3) is 0 Å². The number of benzene rings is 2. The van der Waals surface area contributed by atoms with E-state index in [0.29, 0.717) is 11.7 Å². The van der Waals surface area contributed by atoms with Crippen molar-refractivity contribution in [2.45, 2.75) is 19.0 Å². The molecule has 1 N–H and O–H groups in total. The molecular formula is C17H18BrFN2. The molecule has 0 spiro atoms. The molecule has 0 amide bonds. The maximum atomic E-state index is 14.4. The van der Waals surface area contributed by atoms with Crippen molar-refractivity contribution >= 4 is 21.6 Å². The molecular weight excluding hydrogens is 331 g/mol. The standard InChI is InChI=1S/C17H18BrFN2/c1-12-11-21(16-8-7-14(18)9-15(16)19)17(10-20-12)13-5-3-2-4-6-13/h2-9,12,17,20H,10-11H2,1H3. The minimum Gasteiger partial charge on any atom is -0.359 e. The molecule has 1 saturated heterocycles. The van der Waals surface area contributed by atoms with Gasteiger partial charge in [-0.05, 0) is 30.7 Å². The number of nitrogens with zero attached hydrogens (tertiary/aromatic N) is 1. The normalized spacial score (nSPS) is 22.3. The topological polar surface area (TPSA) is 15.3 Å². The van der Waals surface area contributed by atoms with Gasteiger partial charge in [-0.1, -0.05) is 46.3 Å². The van der Waals surface area contributed by atoms with Crippen molar-refractivity contribution in [3.8, 4) is 0 Å². The minimum atomic E-state index is -0.181. The first-order valence-electron chi connectivity index (χ1n) is 7.15. The predicted octanol–water partition coefficient (Wildman–Crippen LogP) is 4.13. The number of rotatable bonds is 2. The van der Waals surface area contributed by atoms with E-state index < -0.39 is 0 Å². The van der Waals surface area contributed by atoms with Crippen LogP contribution < -0.4 is 10.2 Å². The van der Waals surface area contributed by atoms with Crippen LogP contribution >= 0.6 is 15.9 Å². The number of nitrogens with one attached hydrogen (secondary N) is 1. The third-order valence-corrected chi connectivity index (χ3v) is 4.40. The van der Waals surface area contributed by atoms with Gasteiger partial charge < -0.3 is 10.2 Å². The lowest BCUT2D eigenvalue weighted by Crippen LogP contribution is -2.51. The Bertz CT molecular complexity index is 617. The molecule has 1 heterocycles. The second-order valence-corrected chi connectivity index (χ2v) is 6.40. The highest BCUT2D eigenvalue weighted by Gasteiger charge is 2.28. The lowest BCUT2D eigenvalue weighted by Gasteiger charge is -2.41. The van der Waals surface area contributed by atoms with E-state index in [1.165, 1.54) is 11.6 Å². The molecule has 2 aromatic carbocycles. The Morgan fingerprint density at radius 2 is 1.95 bits per heavy atom. The van der Waals surface area contributed by atoms with Crippen molar-refractivity contribution in [2.24, 2.45) is 0 Å². The summed E-state index contributed by atoms with van der Waals surface area (Å²) in [6.45, 7) is 3.74. The summed E-state index contributed by atoms with van der Waals surface area (Å²) >= 11 is 3.32. The van der Waals surface area contributed by atoms with Crippen molar-refractivity contribution in [3.05, 3.63) is 64.4 Å². The van der Waals surface area contributed by atoms with E-state index in [9.17, 15) is 4.39 Å². The van der Waals surface area contributed by atoms with E-state index in [1.807, 2.05) is 30.3 Å². The van der Waals surface area contributed by atoms with Crippen molar-refractivity contribution in [1.29, 1.82) is 0 Å². The van der Waals surface area contributed by atoms with Gasteiger partial charge in [0.2, 0.25) is 0 Å². The van der Waals surface area contributed by atoms with E-state index in [1.54, 1.807) is 0 Å². The number of piperazine rings is 1. The zero-order valence-electron chi connectivity index (χ0n) is 11.9. The number of hydrogen-bond acceptors (Lipinski definition) is 2. The van der Waals surface area contributed by atoms with Gasteiger partial charge in [0.05, 0.1) is 11.7 Å². The average molecular weight is 349 g/mol. The van der Waals surface area contributed by atoms with Crippen LogP contribution in [0.4, 0.5) is 10.1 Å². The molecule has 0 radical (unpaired) electrons. The highest BCUT2D eigenvalue weighted by Crippen LogP contribution is 2.32. The van der Waals surface area contributed by atoms with Crippen LogP contribution in [0.1, 0.15) is 18.5 Å². The molecule has 0 aliphatic carbocycles. The van der Waals surface area contributed by atoms with Gasteiger partial charge in [-0.25, -0.2) is 4.39 Å². The fourth-order valence-corrected chi connectivity index (χ4v) is 3.20. The van der Waals surface area contributed by atoms with Gasteiger partial charge in [0.15, 0.2) is 0 Å². The van der Waals surface area contributed by atoms with Gasteiger partial charge in [-0.15, -0.1) is 0 Å². The SMILES string of the molecule is CC1CN(c2ccc(Br)cc2F)C(c2ccccc2)CN1. The monoisotopic (exact) mass is 348 g/mol. The van der Waals surface area contributed by atoms with Gasteiger partial charge in [-0.3, -0.25) is 0 Å². The highest BCUT2D eigenvalue weighted by atomic mass is 79.9. The van der Waals surface area contributed by atoms with Gasteiger partial charge in [0.1, 0.15) is 5.82 Å². The molecule has 21 heavy (non-hydrogen) atoms. The lowest BCUT2D eigenvalue weighted by molar-refractivity contribution is 0.412. The average Bonchev–Trinajstić information content (AvgIpc) is 2.48. The molecule has 0 bridgehead atoms. The summed E-state index contributed by atoms with van der Waals surface area (Å²) in [6, 6.07) is 16.1. The highest BCUT2D eigenvalue weighted by molar-refractivity contribution is 9.10. The molecule has 2 unspecified atom stereocenters. The van der Waals surface area contributed by atoms with E-state index in [0.717, 1.165) is 17.6 Å². The van der Waals surface area contributed by atoms with Gasteiger partial charge in [-0.2, -0.15) is 0 Å². The third kappa shape index (κ3) is 3.11. The third-order valence-electron chi connectivity index (χ3n) is 3.91. The summed E-state index contributed by atoms with van der Waals surface area (Å²) in [5.74, 6) is -0.181. The molecule has 2 nitrogen and oxygen atoms in total. The molecule has 0 saturated carbocycles. The molecule has 4 heteroatoms. The summed E-state index contributed by atoms with van der Waals surface area (Å²) in [7, 11) is 0. The minimum absolute atomic E-state index is 0.151. The zero-order valence-corrected chi connectivity index (χ0v) is 13.5. The maximum Gasteiger partial charge on any atom is 0.147 e. The van der Waals surface area contributed by atoms with Crippen LogP contribution in [0.2, 0.25) is 0 Å². The molecule has 2 aromatic rings. The first kappa shape index (κ1) is 14.5. The summed E-state index contributed by atoms with van der Waals surface area (Å²) in [6.07, 6.45) is 0. The molecule has 1 aliphatic rings. The summed E-state index contributed by atoms with van der Waals surface area (Å²) in [4.78, 5) is 2.16. The van der Waals surface area contributed by atoms with Crippen molar-refractivity contribution < 1.29 is 4.39 Å². The van der Waals surface area contributed by atoms with E-state index in [4.69, 9.17) is 0 Å². The van der Waals surface area contributed by atoms with Gasteiger partial charge >= 0.3 is 0 Å². The quantitative estimate of drug-likeness (QED) is 0.877. The van der Waals surface area contributed by atoms with Crippen LogP contribution in [0.15, 0.2) is 53.0 Å². The maximum absolute atomic E-state index is 14.4. The smallest absolute Gasteiger partial charge is 0.147 e. The van der Waals surface area contributed by atoms with Crippen LogP contribution in [0.3, 0.4) is 0 Å². The number of hydrogen-bond donors (Lipinski definition) is 1. The second-order valence-electron chi connectivity index (χ2n) is 5.48. The Hall–Kier alpha value is -1.39. The molecule has 110 valence electrons. The van der Waals surface area contributed by atoms with Crippen LogP contribution in [-0.4, -0.2) is 19.1 Å². The Balaban J connectivity index is 1.98.